The minimum Gasteiger partial charge on any atom is -0.376 e. The van der Waals surface area contributed by atoms with Crippen molar-refractivity contribution in [3.8, 4) is 0 Å². The average molecular weight is 378 g/mol. The fraction of sp³-hybridized carbons (Fsp3) is 0.882. The summed E-state index contributed by atoms with van der Waals surface area (Å²) in [6, 6.07) is 0. The first-order chi connectivity index (χ1) is 10.9. The lowest BCUT2D eigenvalue weighted by atomic mass is 9.83. The number of allylic oxidation sites excluding steroid dienone is 1. The van der Waals surface area contributed by atoms with Crippen LogP contribution >= 0.6 is 0 Å². The molecule has 0 aliphatic carbocycles. The molecule has 0 rings (SSSR count). The quantitative estimate of drug-likeness (QED) is 0.329. The van der Waals surface area contributed by atoms with Crippen LogP contribution in [-0.4, -0.2) is 35.3 Å². The van der Waals surface area contributed by atoms with Gasteiger partial charge in [0.1, 0.15) is 0 Å². The Morgan fingerprint density at radius 2 is 1.32 bits per heavy atom. The van der Waals surface area contributed by atoms with E-state index in [0.29, 0.717) is 13.0 Å². The third-order valence-electron chi connectivity index (χ3n) is 3.68. The van der Waals surface area contributed by atoms with Crippen molar-refractivity contribution in [1.29, 1.82) is 0 Å². The van der Waals surface area contributed by atoms with Crippen molar-refractivity contribution in [2.24, 2.45) is 5.41 Å². The standard InChI is InChI=1S/C17H28F6O2/c1-13(2,3)25-12-7-6-9-14(4,5)10-8-11-15(24,16(18,19)20)17(21,22)23/h8,11,24H,6-7,9-10,12H2,1-5H3. The minimum absolute atomic E-state index is 0.0123. The minimum atomic E-state index is -5.82. The van der Waals surface area contributed by atoms with Gasteiger partial charge in [-0.3, -0.25) is 0 Å². The van der Waals surface area contributed by atoms with Gasteiger partial charge in [-0.05, 0) is 51.5 Å². The molecule has 0 aliphatic rings. The van der Waals surface area contributed by atoms with Crippen molar-refractivity contribution < 1.29 is 36.2 Å². The number of rotatable bonds is 8. The van der Waals surface area contributed by atoms with Crippen LogP contribution in [0.15, 0.2) is 12.2 Å². The van der Waals surface area contributed by atoms with Gasteiger partial charge in [0.25, 0.3) is 5.60 Å². The molecule has 0 aromatic heterocycles. The van der Waals surface area contributed by atoms with E-state index >= 15 is 0 Å². The highest BCUT2D eigenvalue weighted by atomic mass is 19.4. The summed E-state index contributed by atoms with van der Waals surface area (Å²) in [5.74, 6) is 0. The topological polar surface area (TPSA) is 29.5 Å². The fourth-order valence-electron chi connectivity index (χ4n) is 2.08. The first-order valence-electron chi connectivity index (χ1n) is 8.09. The Morgan fingerprint density at radius 3 is 1.72 bits per heavy atom. The molecular weight excluding hydrogens is 350 g/mol. The second kappa shape index (κ2) is 8.29. The van der Waals surface area contributed by atoms with Crippen LogP contribution < -0.4 is 0 Å². The molecule has 0 aromatic rings. The molecular formula is C17H28F6O2. The van der Waals surface area contributed by atoms with Crippen LogP contribution in [0, 0.1) is 5.41 Å². The van der Waals surface area contributed by atoms with E-state index in [4.69, 9.17) is 9.84 Å². The maximum Gasteiger partial charge on any atom is 0.429 e. The van der Waals surface area contributed by atoms with Crippen molar-refractivity contribution in [3.05, 3.63) is 12.2 Å². The van der Waals surface area contributed by atoms with E-state index in [0.717, 1.165) is 18.9 Å². The molecule has 0 amide bonds. The molecule has 8 heteroatoms. The molecule has 0 atom stereocenters. The maximum absolute atomic E-state index is 12.6. The normalized spacial score (nSPS) is 15.2. The number of hydrogen-bond donors (Lipinski definition) is 1. The van der Waals surface area contributed by atoms with Crippen molar-refractivity contribution >= 4 is 0 Å². The van der Waals surface area contributed by atoms with Crippen LogP contribution in [0.25, 0.3) is 0 Å². The van der Waals surface area contributed by atoms with E-state index in [2.05, 4.69) is 0 Å². The molecule has 0 aromatic carbocycles. The highest BCUT2D eigenvalue weighted by Crippen LogP contribution is 2.44. The maximum atomic E-state index is 12.6. The fourth-order valence-corrected chi connectivity index (χ4v) is 2.08. The van der Waals surface area contributed by atoms with Crippen LogP contribution in [0.3, 0.4) is 0 Å². The van der Waals surface area contributed by atoms with Gasteiger partial charge < -0.3 is 9.84 Å². The predicted molar refractivity (Wildman–Crippen MR) is 84.2 cm³/mol. The number of alkyl halides is 6. The Morgan fingerprint density at radius 1 is 0.840 bits per heavy atom. The van der Waals surface area contributed by atoms with Crippen molar-refractivity contribution in [2.75, 3.05) is 6.61 Å². The highest BCUT2D eigenvalue weighted by molar-refractivity contribution is 5.11. The predicted octanol–water partition coefficient (Wildman–Crippen LogP) is 5.80. The average Bonchev–Trinajstić information content (AvgIpc) is 2.33. The molecule has 1 N–H and O–H groups in total. The van der Waals surface area contributed by atoms with E-state index in [9.17, 15) is 26.3 Å². The second-order valence-corrected chi connectivity index (χ2v) is 7.95. The number of hydrogen-bond acceptors (Lipinski definition) is 2. The van der Waals surface area contributed by atoms with Gasteiger partial charge in [-0.2, -0.15) is 26.3 Å². The molecule has 0 heterocycles. The van der Waals surface area contributed by atoms with Crippen LogP contribution in [-0.2, 0) is 4.74 Å². The lowest BCUT2D eigenvalue weighted by Gasteiger charge is -2.30. The lowest BCUT2D eigenvalue weighted by Crippen LogP contribution is -2.55. The summed E-state index contributed by atoms with van der Waals surface area (Å²) < 4.78 is 81.0. The molecule has 0 fully saturated rings. The Balaban J connectivity index is 4.63. The number of ether oxygens (including phenoxy) is 1. The zero-order valence-electron chi connectivity index (χ0n) is 15.3. The van der Waals surface area contributed by atoms with Gasteiger partial charge in [-0.15, -0.1) is 0 Å². The van der Waals surface area contributed by atoms with Gasteiger partial charge in [-0.1, -0.05) is 26.3 Å². The summed E-state index contributed by atoms with van der Waals surface area (Å²) >= 11 is 0. The molecule has 0 unspecified atom stereocenters. The monoisotopic (exact) mass is 378 g/mol. The van der Waals surface area contributed by atoms with Crippen LogP contribution in [0.2, 0.25) is 0 Å². The molecule has 0 aliphatic heterocycles. The summed E-state index contributed by atoms with van der Waals surface area (Å²) in [5, 5.41) is 9.05. The Hall–Kier alpha value is -0.760. The number of aliphatic hydroxyl groups is 1. The Bertz CT molecular complexity index is 416. The largest absolute Gasteiger partial charge is 0.429 e. The Labute approximate surface area is 145 Å². The van der Waals surface area contributed by atoms with Crippen molar-refractivity contribution in [2.45, 2.75) is 83.9 Å². The summed E-state index contributed by atoms with van der Waals surface area (Å²) in [4.78, 5) is 0. The molecule has 150 valence electrons. The first-order valence-corrected chi connectivity index (χ1v) is 8.09. The van der Waals surface area contributed by atoms with Gasteiger partial charge in [-0.25, -0.2) is 0 Å². The molecule has 0 saturated carbocycles. The number of unbranched alkanes of at least 4 members (excludes halogenated alkanes) is 1. The van der Waals surface area contributed by atoms with E-state index in [-0.39, 0.29) is 18.1 Å². The zero-order chi connectivity index (χ0) is 20.2. The van der Waals surface area contributed by atoms with Crippen molar-refractivity contribution in [1.82, 2.24) is 0 Å². The van der Waals surface area contributed by atoms with Crippen LogP contribution in [0.5, 0.6) is 0 Å². The van der Waals surface area contributed by atoms with E-state index in [1.54, 1.807) is 13.8 Å². The number of halogens is 6. The Kier molecular flexibility index (Phi) is 8.04. The summed E-state index contributed by atoms with van der Waals surface area (Å²) in [6.45, 7) is 9.81. The molecule has 0 saturated heterocycles. The van der Waals surface area contributed by atoms with E-state index in [1.807, 2.05) is 20.8 Å². The van der Waals surface area contributed by atoms with Gasteiger partial charge in [0.05, 0.1) is 5.60 Å². The molecule has 0 bridgehead atoms. The van der Waals surface area contributed by atoms with E-state index in [1.165, 1.54) is 0 Å². The van der Waals surface area contributed by atoms with Gasteiger partial charge in [0.15, 0.2) is 0 Å². The van der Waals surface area contributed by atoms with Gasteiger partial charge >= 0.3 is 12.4 Å². The lowest BCUT2D eigenvalue weighted by molar-refractivity contribution is -0.347. The third-order valence-corrected chi connectivity index (χ3v) is 3.68. The SMILES string of the molecule is CC(C)(CC=CC(O)(C(F)(F)F)C(F)(F)F)CCCCOC(C)(C)C. The van der Waals surface area contributed by atoms with E-state index < -0.39 is 23.4 Å². The van der Waals surface area contributed by atoms with Crippen molar-refractivity contribution in [3.63, 3.8) is 0 Å². The van der Waals surface area contributed by atoms with Crippen LogP contribution in [0.4, 0.5) is 26.3 Å². The third kappa shape index (κ3) is 8.44. The molecule has 2 nitrogen and oxygen atoms in total. The smallest absolute Gasteiger partial charge is 0.376 e. The summed E-state index contributed by atoms with van der Waals surface area (Å²) in [6.07, 6.45) is -9.00. The van der Waals surface area contributed by atoms with Gasteiger partial charge in [0, 0.05) is 6.61 Å². The van der Waals surface area contributed by atoms with Gasteiger partial charge in [0.2, 0.25) is 0 Å². The van der Waals surface area contributed by atoms with Crippen LogP contribution in [0.1, 0.15) is 60.3 Å². The molecule has 0 spiro atoms. The summed E-state index contributed by atoms with van der Waals surface area (Å²) in [7, 11) is 0. The highest BCUT2D eigenvalue weighted by Gasteiger charge is 2.68. The first kappa shape index (κ1) is 24.2. The molecule has 0 radical (unpaired) electrons. The summed E-state index contributed by atoms with van der Waals surface area (Å²) in [5.41, 5.74) is -5.56. The molecule has 25 heavy (non-hydrogen) atoms. The zero-order valence-corrected chi connectivity index (χ0v) is 15.3. The second-order valence-electron chi connectivity index (χ2n) is 7.95.